The molecule has 2 aromatic rings. The van der Waals surface area contributed by atoms with E-state index in [9.17, 15) is 4.79 Å². The van der Waals surface area contributed by atoms with Crippen LogP contribution in [0, 0.1) is 0 Å². The number of amides is 1. The summed E-state index contributed by atoms with van der Waals surface area (Å²) < 4.78 is 10.6. The van der Waals surface area contributed by atoms with Gasteiger partial charge in [0.15, 0.2) is 16.6 Å². The molecule has 2 aromatic carbocycles. The van der Waals surface area contributed by atoms with Crippen LogP contribution in [0.15, 0.2) is 53.4 Å². The van der Waals surface area contributed by atoms with Crippen LogP contribution in [0.4, 0.5) is 0 Å². The lowest BCUT2D eigenvalue weighted by atomic mass is 10.2. The van der Waals surface area contributed by atoms with Crippen LogP contribution in [0.2, 0.25) is 0 Å². The molecule has 0 unspecified atom stereocenters. The van der Waals surface area contributed by atoms with E-state index in [1.54, 1.807) is 11.8 Å². The van der Waals surface area contributed by atoms with Gasteiger partial charge in [0.05, 0.1) is 0 Å². The monoisotopic (exact) mass is 403 g/mol. The van der Waals surface area contributed by atoms with Gasteiger partial charge in [-0.1, -0.05) is 24.3 Å². The Labute approximate surface area is 168 Å². The number of hydrogen-bond donors (Lipinski definition) is 3. The van der Waals surface area contributed by atoms with Crippen molar-refractivity contribution in [3.05, 3.63) is 54.1 Å². The Morgan fingerprint density at radius 1 is 1.07 bits per heavy atom. The van der Waals surface area contributed by atoms with E-state index in [1.807, 2.05) is 36.4 Å². The number of rotatable bonds is 7. The highest BCUT2D eigenvalue weighted by atomic mass is 32.2. The maximum atomic E-state index is 11.9. The SMILES string of the molecule is O=C(CCCSc1ccccc1)NNC(=S)NCc1ccc2c(c1)OCO2. The van der Waals surface area contributed by atoms with Crippen molar-refractivity contribution in [1.82, 2.24) is 16.2 Å². The van der Waals surface area contributed by atoms with Crippen LogP contribution in [0.5, 0.6) is 11.5 Å². The number of carbonyl (C=O) groups is 1. The number of thiocarbonyl (C=S) groups is 1. The molecule has 8 heteroatoms. The third-order valence-electron chi connectivity index (χ3n) is 3.77. The summed E-state index contributed by atoms with van der Waals surface area (Å²) in [7, 11) is 0. The van der Waals surface area contributed by atoms with Gasteiger partial charge in [-0.3, -0.25) is 15.6 Å². The second-order valence-corrected chi connectivity index (χ2v) is 7.39. The molecule has 0 aromatic heterocycles. The fraction of sp³-hybridized carbons (Fsp3) is 0.263. The van der Waals surface area contributed by atoms with E-state index >= 15 is 0 Å². The standard InChI is InChI=1S/C19H21N3O3S2/c23-18(7-4-10-27-15-5-2-1-3-6-15)21-22-19(26)20-12-14-8-9-16-17(11-14)25-13-24-16/h1-3,5-6,8-9,11H,4,7,10,12-13H2,(H,21,23)(H2,20,22,26). The molecular formula is C19H21N3O3S2. The lowest BCUT2D eigenvalue weighted by Crippen LogP contribution is -2.46. The van der Waals surface area contributed by atoms with Crippen molar-refractivity contribution in [1.29, 1.82) is 0 Å². The van der Waals surface area contributed by atoms with E-state index < -0.39 is 0 Å². The molecule has 0 atom stereocenters. The Balaban J connectivity index is 1.28. The van der Waals surface area contributed by atoms with Crippen molar-refractivity contribution in [2.45, 2.75) is 24.3 Å². The second-order valence-electron chi connectivity index (χ2n) is 5.81. The average Bonchev–Trinajstić information content (AvgIpc) is 3.17. The summed E-state index contributed by atoms with van der Waals surface area (Å²) in [6.07, 6.45) is 1.24. The fourth-order valence-corrected chi connectivity index (χ4v) is 3.40. The minimum atomic E-state index is -0.0871. The molecule has 0 saturated heterocycles. The molecule has 1 heterocycles. The number of fused-ring (bicyclic) bond motifs is 1. The number of thioether (sulfide) groups is 1. The van der Waals surface area contributed by atoms with Crippen molar-refractivity contribution in [2.24, 2.45) is 0 Å². The number of benzene rings is 2. The van der Waals surface area contributed by atoms with Crippen LogP contribution in [0.3, 0.4) is 0 Å². The minimum Gasteiger partial charge on any atom is -0.454 e. The van der Waals surface area contributed by atoms with Gasteiger partial charge in [-0.15, -0.1) is 11.8 Å². The number of hydrogen-bond acceptors (Lipinski definition) is 5. The highest BCUT2D eigenvalue weighted by Crippen LogP contribution is 2.32. The zero-order chi connectivity index (χ0) is 18.9. The van der Waals surface area contributed by atoms with E-state index in [0.717, 1.165) is 29.2 Å². The molecule has 1 amide bonds. The first kappa shape index (κ1) is 19.3. The quantitative estimate of drug-likeness (QED) is 0.284. The zero-order valence-electron chi connectivity index (χ0n) is 14.7. The predicted octanol–water partition coefficient (Wildman–Crippen LogP) is 2.98. The van der Waals surface area contributed by atoms with Crippen molar-refractivity contribution in [2.75, 3.05) is 12.5 Å². The number of hydrazine groups is 1. The molecule has 1 aliphatic heterocycles. The largest absolute Gasteiger partial charge is 0.454 e. The van der Waals surface area contributed by atoms with Gasteiger partial charge < -0.3 is 14.8 Å². The molecule has 3 rings (SSSR count). The number of nitrogens with one attached hydrogen (secondary N) is 3. The van der Waals surface area contributed by atoms with Gasteiger partial charge in [0.1, 0.15) is 0 Å². The lowest BCUT2D eigenvalue weighted by molar-refractivity contribution is -0.121. The van der Waals surface area contributed by atoms with Crippen LogP contribution in [0.1, 0.15) is 18.4 Å². The lowest BCUT2D eigenvalue weighted by Gasteiger charge is -2.12. The number of ether oxygens (including phenoxy) is 2. The van der Waals surface area contributed by atoms with Gasteiger partial charge in [-0.25, -0.2) is 0 Å². The van der Waals surface area contributed by atoms with Gasteiger partial charge in [-0.2, -0.15) is 0 Å². The van der Waals surface area contributed by atoms with Crippen LogP contribution in [0.25, 0.3) is 0 Å². The van der Waals surface area contributed by atoms with E-state index in [2.05, 4.69) is 28.3 Å². The maximum absolute atomic E-state index is 11.9. The van der Waals surface area contributed by atoms with E-state index in [4.69, 9.17) is 21.7 Å². The molecule has 1 aliphatic rings. The van der Waals surface area contributed by atoms with Crippen molar-refractivity contribution in [3.63, 3.8) is 0 Å². The third kappa shape index (κ3) is 6.33. The van der Waals surface area contributed by atoms with Crippen LogP contribution < -0.4 is 25.6 Å². The van der Waals surface area contributed by atoms with Crippen LogP contribution in [-0.2, 0) is 11.3 Å². The minimum absolute atomic E-state index is 0.0871. The summed E-state index contributed by atoms with van der Waals surface area (Å²) in [4.78, 5) is 13.1. The van der Waals surface area contributed by atoms with Gasteiger partial charge in [0.2, 0.25) is 12.7 Å². The Hall–Kier alpha value is -2.45. The molecule has 0 fully saturated rings. The van der Waals surface area contributed by atoms with Crippen molar-refractivity contribution in [3.8, 4) is 11.5 Å². The normalized spacial score (nSPS) is 11.7. The smallest absolute Gasteiger partial charge is 0.238 e. The molecule has 0 aliphatic carbocycles. The summed E-state index contributed by atoms with van der Waals surface area (Å²) in [6.45, 7) is 0.772. The zero-order valence-corrected chi connectivity index (χ0v) is 16.3. The van der Waals surface area contributed by atoms with Crippen molar-refractivity contribution < 1.29 is 14.3 Å². The molecule has 0 spiro atoms. The van der Waals surface area contributed by atoms with Crippen LogP contribution in [-0.4, -0.2) is 23.6 Å². The molecule has 6 nitrogen and oxygen atoms in total. The third-order valence-corrected chi connectivity index (χ3v) is 5.11. The second kappa shape index (κ2) is 10.0. The Morgan fingerprint density at radius 3 is 2.74 bits per heavy atom. The molecule has 142 valence electrons. The first-order chi connectivity index (χ1) is 13.2. The van der Waals surface area contributed by atoms with Gasteiger partial charge in [0, 0.05) is 17.9 Å². The first-order valence-electron chi connectivity index (χ1n) is 8.60. The first-order valence-corrected chi connectivity index (χ1v) is 9.99. The molecule has 0 saturated carbocycles. The average molecular weight is 404 g/mol. The Kier molecular flexibility index (Phi) is 7.18. The molecular weight excluding hydrogens is 382 g/mol. The summed E-state index contributed by atoms with van der Waals surface area (Å²) in [6, 6.07) is 15.9. The highest BCUT2D eigenvalue weighted by molar-refractivity contribution is 7.99. The summed E-state index contributed by atoms with van der Waals surface area (Å²) in [5.74, 6) is 2.28. The topological polar surface area (TPSA) is 71.6 Å². The maximum Gasteiger partial charge on any atom is 0.238 e. The van der Waals surface area contributed by atoms with E-state index in [0.29, 0.717) is 18.1 Å². The van der Waals surface area contributed by atoms with Crippen LogP contribution >= 0.6 is 24.0 Å². The van der Waals surface area contributed by atoms with E-state index in [-0.39, 0.29) is 12.7 Å². The van der Waals surface area contributed by atoms with Gasteiger partial charge >= 0.3 is 0 Å². The van der Waals surface area contributed by atoms with Crippen molar-refractivity contribution >= 4 is 35.0 Å². The number of carbonyl (C=O) groups excluding carboxylic acids is 1. The fourth-order valence-electron chi connectivity index (χ4n) is 2.41. The Bertz CT molecular complexity index is 787. The highest BCUT2D eigenvalue weighted by Gasteiger charge is 2.13. The summed E-state index contributed by atoms with van der Waals surface area (Å²) >= 11 is 6.92. The summed E-state index contributed by atoms with van der Waals surface area (Å²) in [5, 5.41) is 3.40. The van der Waals surface area contributed by atoms with Gasteiger partial charge in [0.25, 0.3) is 0 Å². The molecule has 0 radical (unpaired) electrons. The summed E-state index contributed by atoms with van der Waals surface area (Å²) in [5.41, 5.74) is 6.34. The molecule has 27 heavy (non-hydrogen) atoms. The van der Waals surface area contributed by atoms with E-state index in [1.165, 1.54) is 4.90 Å². The molecule has 0 bridgehead atoms. The molecule has 3 N–H and O–H groups in total. The van der Waals surface area contributed by atoms with Gasteiger partial charge in [-0.05, 0) is 54.2 Å². The predicted molar refractivity (Wildman–Crippen MR) is 110 cm³/mol. The Morgan fingerprint density at radius 2 is 1.89 bits per heavy atom.